The van der Waals surface area contributed by atoms with Crippen LogP contribution in [-0.4, -0.2) is 67.5 Å². The molecule has 5 heterocycles. The van der Waals surface area contributed by atoms with Crippen molar-refractivity contribution in [2.75, 3.05) is 26.2 Å². The van der Waals surface area contributed by atoms with E-state index in [1.807, 2.05) is 15.9 Å². The number of halogens is 1. The summed E-state index contributed by atoms with van der Waals surface area (Å²) in [5.74, 6) is 0.169. The van der Waals surface area contributed by atoms with Gasteiger partial charge in [-0.3, -0.25) is 9.59 Å². The summed E-state index contributed by atoms with van der Waals surface area (Å²) in [5.41, 5.74) is 0. The molecule has 0 spiro atoms. The van der Waals surface area contributed by atoms with E-state index in [9.17, 15) is 18.0 Å². The van der Waals surface area contributed by atoms with Gasteiger partial charge in [0.2, 0.25) is 15.9 Å². The highest BCUT2D eigenvalue weighted by molar-refractivity contribution is 9.11. The molecule has 0 bridgehead atoms. The molecule has 11 heteroatoms. The Balaban J connectivity index is 1.22. The van der Waals surface area contributed by atoms with Gasteiger partial charge in [-0.2, -0.15) is 0 Å². The number of nitrogens with one attached hydrogen (secondary N) is 1. The number of rotatable bonds is 3. The van der Waals surface area contributed by atoms with Crippen molar-refractivity contribution < 1.29 is 18.0 Å². The van der Waals surface area contributed by atoms with Crippen molar-refractivity contribution >= 4 is 69.8 Å². The highest BCUT2D eigenvalue weighted by Crippen LogP contribution is 2.37. The molecule has 2 amide bonds. The second-order valence-corrected chi connectivity index (χ2v) is 14.3. The van der Waals surface area contributed by atoms with Crippen LogP contribution in [-0.2, 0) is 14.8 Å². The highest BCUT2D eigenvalue weighted by Gasteiger charge is 2.43. The molecule has 0 aromatic carbocycles. The average Bonchev–Trinajstić information content (AvgIpc) is 3.47. The van der Waals surface area contributed by atoms with Gasteiger partial charge in [-0.25, -0.2) is 13.1 Å². The first kappa shape index (κ1) is 22.8. The Morgan fingerprint density at radius 2 is 1.75 bits per heavy atom. The van der Waals surface area contributed by atoms with Crippen molar-refractivity contribution in [3.63, 3.8) is 0 Å². The summed E-state index contributed by atoms with van der Waals surface area (Å²) in [4.78, 5) is 30.7. The molecular weight excluding hydrogens is 534 g/mol. The standard InChI is InChI=1S/C21H26BrN3O4S3/c22-19-12-16-15(31-19)11-17(30-16)20(26)24-9-5-13(6-10-24)14-3-2-8-25(14)21(27)18-4-1-7-23-32(18,28)29/h11-14,18,23H,1-10H2. The van der Waals surface area contributed by atoms with Crippen LogP contribution in [0.3, 0.4) is 0 Å². The molecule has 174 valence electrons. The first-order chi connectivity index (χ1) is 15.3. The Bertz CT molecular complexity index is 1110. The van der Waals surface area contributed by atoms with Crippen molar-refractivity contribution in [2.24, 2.45) is 5.92 Å². The van der Waals surface area contributed by atoms with Crippen molar-refractivity contribution in [1.82, 2.24) is 14.5 Å². The van der Waals surface area contributed by atoms with E-state index in [0.717, 1.165) is 43.7 Å². The number of fused-ring (bicyclic) bond motifs is 1. The number of hydrogen-bond donors (Lipinski definition) is 1. The minimum absolute atomic E-state index is 0.0845. The Hall–Kier alpha value is -1.01. The van der Waals surface area contributed by atoms with Gasteiger partial charge in [-0.05, 0) is 72.5 Å². The number of amides is 2. The van der Waals surface area contributed by atoms with Crippen LogP contribution in [0.5, 0.6) is 0 Å². The van der Waals surface area contributed by atoms with E-state index in [1.54, 1.807) is 11.3 Å². The Morgan fingerprint density at radius 3 is 2.47 bits per heavy atom. The van der Waals surface area contributed by atoms with Gasteiger partial charge in [0.15, 0.2) is 5.25 Å². The van der Waals surface area contributed by atoms with Crippen molar-refractivity contribution in [2.45, 2.75) is 49.8 Å². The molecule has 0 aliphatic carbocycles. The highest BCUT2D eigenvalue weighted by atomic mass is 79.9. The molecule has 2 aromatic rings. The Labute approximate surface area is 204 Å². The second kappa shape index (κ2) is 8.98. The van der Waals surface area contributed by atoms with Crippen LogP contribution in [0.4, 0.5) is 0 Å². The van der Waals surface area contributed by atoms with Crippen LogP contribution in [0.2, 0.25) is 0 Å². The predicted octanol–water partition coefficient (Wildman–Crippen LogP) is 3.65. The second-order valence-electron chi connectivity index (χ2n) is 8.83. The van der Waals surface area contributed by atoms with E-state index >= 15 is 0 Å². The van der Waals surface area contributed by atoms with Gasteiger partial charge >= 0.3 is 0 Å². The number of carbonyl (C=O) groups excluding carboxylic acids is 2. The molecule has 2 aromatic heterocycles. The van der Waals surface area contributed by atoms with Crippen molar-refractivity contribution in [3.05, 3.63) is 20.8 Å². The summed E-state index contributed by atoms with van der Waals surface area (Å²) >= 11 is 6.67. The van der Waals surface area contributed by atoms with Gasteiger partial charge in [-0.1, -0.05) is 0 Å². The summed E-state index contributed by atoms with van der Waals surface area (Å²) in [5, 5.41) is -0.953. The lowest BCUT2D eigenvalue weighted by atomic mass is 9.87. The van der Waals surface area contributed by atoms with Gasteiger partial charge in [0.25, 0.3) is 5.91 Å². The monoisotopic (exact) mass is 559 g/mol. The number of nitrogens with zero attached hydrogens (tertiary/aromatic N) is 2. The zero-order valence-corrected chi connectivity index (χ0v) is 21.6. The maximum absolute atomic E-state index is 13.2. The van der Waals surface area contributed by atoms with E-state index in [-0.39, 0.29) is 17.9 Å². The fourth-order valence-corrected chi connectivity index (χ4v) is 9.81. The minimum Gasteiger partial charge on any atom is -0.338 e. The predicted molar refractivity (Wildman–Crippen MR) is 131 cm³/mol. The maximum atomic E-state index is 13.2. The molecule has 3 aliphatic rings. The normalized spacial score (nSPS) is 26.7. The van der Waals surface area contributed by atoms with Gasteiger partial charge in [-0.15, -0.1) is 22.7 Å². The molecule has 2 atom stereocenters. The van der Waals surface area contributed by atoms with E-state index < -0.39 is 15.3 Å². The molecule has 5 rings (SSSR count). The molecule has 7 nitrogen and oxygen atoms in total. The van der Waals surface area contributed by atoms with Gasteiger partial charge in [0.1, 0.15) is 0 Å². The van der Waals surface area contributed by atoms with Crippen LogP contribution in [0, 0.1) is 5.92 Å². The minimum atomic E-state index is -3.57. The van der Waals surface area contributed by atoms with Crippen LogP contribution in [0.1, 0.15) is 48.2 Å². The van der Waals surface area contributed by atoms with Crippen molar-refractivity contribution in [1.29, 1.82) is 0 Å². The van der Waals surface area contributed by atoms with Crippen molar-refractivity contribution in [3.8, 4) is 0 Å². The van der Waals surface area contributed by atoms with Gasteiger partial charge < -0.3 is 9.80 Å². The zero-order valence-electron chi connectivity index (χ0n) is 17.6. The topological polar surface area (TPSA) is 86.8 Å². The number of thiophene rings is 2. The van der Waals surface area contributed by atoms with E-state index in [0.29, 0.717) is 44.9 Å². The number of piperidine rings is 1. The molecule has 32 heavy (non-hydrogen) atoms. The average molecular weight is 561 g/mol. The largest absolute Gasteiger partial charge is 0.338 e. The summed E-state index contributed by atoms with van der Waals surface area (Å²) in [6.45, 7) is 2.42. The summed E-state index contributed by atoms with van der Waals surface area (Å²) in [6, 6.07) is 4.13. The lowest BCUT2D eigenvalue weighted by molar-refractivity contribution is -0.133. The van der Waals surface area contributed by atoms with Crippen LogP contribution < -0.4 is 4.72 Å². The molecule has 1 N–H and O–H groups in total. The molecule has 3 fully saturated rings. The Kier molecular flexibility index (Phi) is 6.39. The lowest BCUT2D eigenvalue weighted by Gasteiger charge is -2.39. The number of likely N-dealkylation sites (tertiary alicyclic amines) is 2. The summed E-state index contributed by atoms with van der Waals surface area (Å²) < 4.78 is 30.6. The molecule has 0 saturated carbocycles. The summed E-state index contributed by atoms with van der Waals surface area (Å²) in [7, 11) is -3.57. The first-order valence-electron chi connectivity index (χ1n) is 11.1. The SMILES string of the molecule is O=C(c1cc2sc(Br)cc2s1)N1CCC(C2CCCN2C(=O)C2CCCNS2(=O)=O)CC1. The van der Waals surface area contributed by atoms with Crippen LogP contribution >= 0.6 is 38.6 Å². The molecule has 3 aliphatic heterocycles. The quantitative estimate of drug-likeness (QED) is 0.621. The summed E-state index contributed by atoms with van der Waals surface area (Å²) in [6.07, 6.45) is 4.63. The number of carbonyl (C=O) groups is 2. The smallest absolute Gasteiger partial charge is 0.263 e. The lowest BCUT2D eigenvalue weighted by Crippen LogP contribution is -2.53. The fourth-order valence-electron chi connectivity index (χ4n) is 5.31. The third-order valence-corrected chi connectivity index (χ3v) is 11.5. The van der Waals surface area contributed by atoms with E-state index in [2.05, 4.69) is 26.7 Å². The third kappa shape index (κ3) is 4.26. The maximum Gasteiger partial charge on any atom is 0.263 e. The van der Waals surface area contributed by atoms with Crippen LogP contribution in [0.15, 0.2) is 15.9 Å². The van der Waals surface area contributed by atoms with Gasteiger partial charge in [0.05, 0.1) is 8.66 Å². The Morgan fingerprint density at radius 1 is 1.00 bits per heavy atom. The number of hydrogen-bond acceptors (Lipinski definition) is 6. The molecule has 3 saturated heterocycles. The fraction of sp³-hybridized carbons (Fsp3) is 0.619. The zero-order chi connectivity index (χ0) is 22.5. The van der Waals surface area contributed by atoms with Gasteiger partial charge in [0, 0.05) is 41.6 Å². The molecule has 2 unspecified atom stereocenters. The molecule has 0 radical (unpaired) electrons. The van der Waals surface area contributed by atoms with Crippen LogP contribution in [0.25, 0.3) is 9.40 Å². The third-order valence-electron chi connectivity index (χ3n) is 6.94. The first-order valence-corrected chi connectivity index (χ1v) is 15.1. The van der Waals surface area contributed by atoms with E-state index in [1.165, 1.54) is 11.3 Å². The number of sulfonamides is 1. The molecular formula is C21H26BrN3O4S3. The van der Waals surface area contributed by atoms with E-state index in [4.69, 9.17) is 0 Å².